The van der Waals surface area contributed by atoms with Gasteiger partial charge in [0.1, 0.15) is 0 Å². The summed E-state index contributed by atoms with van der Waals surface area (Å²) in [5.74, 6) is 0.836. The first-order valence-electron chi connectivity index (χ1n) is 6.92. The summed E-state index contributed by atoms with van der Waals surface area (Å²) in [6.45, 7) is 9.61. The molecule has 1 amide bonds. The summed E-state index contributed by atoms with van der Waals surface area (Å²) in [6, 6.07) is 6.15. The molecule has 0 fully saturated rings. The standard InChI is InChI=1S/C16H26N2O/c1-11(2)14-7-6-13(4)15(8-14)16(19)18(5)10-12(3)9-17/h6-8,11-12H,9-10,17H2,1-5H3. The van der Waals surface area contributed by atoms with E-state index in [-0.39, 0.29) is 5.91 Å². The van der Waals surface area contributed by atoms with Crippen LogP contribution in [0.25, 0.3) is 0 Å². The van der Waals surface area contributed by atoms with Crippen LogP contribution >= 0.6 is 0 Å². The molecule has 0 aliphatic carbocycles. The molecule has 1 aromatic rings. The number of hydrogen-bond acceptors (Lipinski definition) is 2. The number of carbonyl (C=O) groups excluding carboxylic acids is 1. The zero-order chi connectivity index (χ0) is 14.6. The van der Waals surface area contributed by atoms with E-state index in [1.54, 1.807) is 4.90 Å². The molecule has 0 bridgehead atoms. The molecule has 0 aliphatic heterocycles. The van der Waals surface area contributed by atoms with Crippen molar-refractivity contribution >= 4 is 5.91 Å². The second kappa shape index (κ2) is 6.71. The highest BCUT2D eigenvalue weighted by Gasteiger charge is 2.16. The van der Waals surface area contributed by atoms with Gasteiger partial charge in [-0.05, 0) is 42.5 Å². The number of aryl methyl sites for hydroxylation is 1. The number of rotatable bonds is 5. The molecular formula is C16H26N2O. The van der Waals surface area contributed by atoms with Crippen molar-refractivity contribution in [1.29, 1.82) is 0 Å². The highest BCUT2D eigenvalue weighted by Crippen LogP contribution is 2.19. The summed E-state index contributed by atoms with van der Waals surface area (Å²) in [4.78, 5) is 14.2. The van der Waals surface area contributed by atoms with E-state index in [9.17, 15) is 4.79 Å². The van der Waals surface area contributed by atoms with Gasteiger partial charge in [-0.3, -0.25) is 4.79 Å². The molecule has 3 nitrogen and oxygen atoms in total. The lowest BCUT2D eigenvalue weighted by Gasteiger charge is -2.22. The van der Waals surface area contributed by atoms with Gasteiger partial charge in [0, 0.05) is 19.2 Å². The van der Waals surface area contributed by atoms with Crippen molar-refractivity contribution in [1.82, 2.24) is 4.90 Å². The number of hydrogen-bond donors (Lipinski definition) is 1. The summed E-state index contributed by atoms with van der Waals surface area (Å²) in [5, 5.41) is 0. The molecule has 2 N–H and O–H groups in total. The molecule has 1 aromatic carbocycles. The molecule has 0 heterocycles. The van der Waals surface area contributed by atoms with Gasteiger partial charge in [-0.25, -0.2) is 0 Å². The smallest absolute Gasteiger partial charge is 0.253 e. The molecule has 1 rings (SSSR count). The minimum Gasteiger partial charge on any atom is -0.341 e. The zero-order valence-electron chi connectivity index (χ0n) is 12.7. The van der Waals surface area contributed by atoms with Gasteiger partial charge in [-0.2, -0.15) is 0 Å². The van der Waals surface area contributed by atoms with Crippen LogP contribution in [0, 0.1) is 12.8 Å². The third-order valence-electron chi connectivity index (χ3n) is 3.49. The fourth-order valence-corrected chi connectivity index (χ4v) is 2.06. The minimum absolute atomic E-state index is 0.0836. The summed E-state index contributed by atoms with van der Waals surface area (Å²) in [7, 11) is 1.84. The van der Waals surface area contributed by atoms with Crippen molar-refractivity contribution in [3.63, 3.8) is 0 Å². The number of amides is 1. The maximum atomic E-state index is 12.5. The van der Waals surface area contributed by atoms with Crippen LogP contribution in [0.3, 0.4) is 0 Å². The van der Waals surface area contributed by atoms with Gasteiger partial charge in [-0.1, -0.05) is 32.9 Å². The Morgan fingerprint density at radius 3 is 2.47 bits per heavy atom. The Labute approximate surface area is 116 Å². The minimum atomic E-state index is 0.0836. The molecular weight excluding hydrogens is 236 g/mol. The monoisotopic (exact) mass is 262 g/mol. The van der Waals surface area contributed by atoms with E-state index in [1.807, 2.05) is 26.1 Å². The molecule has 0 aliphatic rings. The lowest BCUT2D eigenvalue weighted by molar-refractivity contribution is 0.0776. The van der Waals surface area contributed by atoms with E-state index < -0.39 is 0 Å². The Hall–Kier alpha value is -1.35. The lowest BCUT2D eigenvalue weighted by Crippen LogP contribution is -2.33. The van der Waals surface area contributed by atoms with Gasteiger partial charge >= 0.3 is 0 Å². The van der Waals surface area contributed by atoms with Crippen molar-refractivity contribution in [2.24, 2.45) is 11.7 Å². The number of carbonyl (C=O) groups is 1. The molecule has 0 radical (unpaired) electrons. The number of nitrogens with zero attached hydrogens (tertiary/aromatic N) is 1. The summed E-state index contributed by atoms with van der Waals surface area (Å²) < 4.78 is 0. The van der Waals surface area contributed by atoms with E-state index in [1.165, 1.54) is 5.56 Å². The van der Waals surface area contributed by atoms with E-state index in [2.05, 4.69) is 26.8 Å². The second-order valence-corrected chi connectivity index (χ2v) is 5.76. The van der Waals surface area contributed by atoms with Crippen LogP contribution in [-0.4, -0.2) is 30.9 Å². The maximum absolute atomic E-state index is 12.5. The van der Waals surface area contributed by atoms with Gasteiger partial charge in [0.15, 0.2) is 0 Å². The fourth-order valence-electron chi connectivity index (χ4n) is 2.06. The Morgan fingerprint density at radius 2 is 1.95 bits per heavy atom. The van der Waals surface area contributed by atoms with Crippen LogP contribution in [-0.2, 0) is 0 Å². The molecule has 0 saturated carbocycles. The van der Waals surface area contributed by atoms with Gasteiger partial charge in [0.2, 0.25) is 0 Å². The molecule has 3 heteroatoms. The number of nitrogens with two attached hydrogens (primary N) is 1. The van der Waals surface area contributed by atoms with Gasteiger partial charge in [0.25, 0.3) is 5.91 Å². The molecule has 0 spiro atoms. The first-order valence-corrected chi connectivity index (χ1v) is 6.92. The Morgan fingerprint density at radius 1 is 1.32 bits per heavy atom. The molecule has 0 aromatic heterocycles. The van der Waals surface area contributed by atoms with Gasteiger partial charge in [-0.15, -0.1) is 0 Å². The van der Waals surface area contributed by atoms with E-state index in [0.29, 0.717) is 24.9 Å². The average molecular weight is 262 g/mol. The number of benzene rings is 1. The van der Waals surface area contributed by atoms with E-state index in [0.717, 1.165) is 11.1 Å². The van der Waals surface area contributed by atoms with Crippen molar-refractivity contribution in [2.75, 3.05) is 20.1 Å². The molecule has 106 valence electrons. The first kappa shape index (κ1) is 15.7. The Kier molecular flexibility index (Phi) is 5.55. The third kappa shape index (κ3) is 4.06. The van der Waals surface area contributed by atoms with E-state index >= 15 is 0 Å². The van der Waals surface area contributed by atoms with Crippen LogP contribution in [0.2, 0.25) is 0 Å². The van der Waals surface area contributed by atoms with Crippen molar-refractivity contribution in [3.05, 3.63) is 34.9 Å². The molecule has 1 unspecified atom stereocenters. The average Bonchev–Trinajstić information content (AvgIpc) is 2.37. The van der Waals surface area contributed by atoms with Crippen molar-refractivity contribution < 1.29 is 4.79 Å². The van der Waals surface area contributed by atoms with Gasteiger partial charge < -0.3 is 10.6 Å². The lowest BCUT2D eigenvalue weighted by atomic mass is 9.97. The summed E-state index contributed by atoms with van der Waals surface area (Å²) in [6.07, 6.45) is 0. The van der Waals surface area contributed by atoms with Gasteiger partial charge in [0.05, 0.1) is 0 Å². The molecule has 19 heavy (non-hydrogen) atoms. The summed E-state index contributed by atoms with van der Waals surface area (Å²) >= 11 is 0. The summed E-state index contributed by atoms with van der Waals surface area (Å²) in [5.41, 5.74) is 8.65. The predicted molar refractivity (Wildman–Crippen MR) is 80.4 cm³/mol. The predicted octanol–water partition coefficient (Wildman–Crippen LogP) is 2.79. The maximum Gasteiger partial charge on any atom is 0.253 e. The highest BCUT2D eigenvalue weighted by atomic mass is 16.2. The van der Waals surface area contributed by atoms with Crippen molar-refractivity contribution in [2.45, 2.75) is 33.6 Å². The first-order chi connectivity index (χ1) is 8.86. The van der Waals surface area contributed by atoms with Crippen molar-refractivity contribution in [3.8, 4) is 0 Å². The van der Waals surface area contributed by atoms with Crippen LogP contribution in [0.4, 0.5) is 0 Å². The topological polar surface area (TPSA) is 46.3 Å². The largest absolute Gasteiger partial charge is 0.341 e. The Bertz CT molecular complexity index is 440. The molecule has 1 atom stereocenters. The van der Waals surface area contributed by atoms with Crippen LogP contribution in [0.15, 0.2) is 18.2 Å². The quantitative estimate of drug-likeness (QED) is 0.887. The van der Waals surface area contributed by atoms with E-state index in [4.69, 9.17) is 5.73 Å². The SMILES string of the molecule is Cc1ccc(C(C)C)cc1C(=O)N(C)CC(C)CN. The van der Waals surface area contributed by atoms with Crippen LogP contribution in [0.1, 0.15) is 48.2 Å². The third-order valence-corrected chi connectivity index (χ3v) is 3.49. The van der Waals surface area contributed by atoms with Crippen LogP contribution in [0.5, 0.6) is 0 Å². The van der Waals surface area contributed by atoms with Crippen LogP contribution < -0.4 is 5.73 Å². The second-order valence-electron chi connectivity index (χ2n) is 5.76. The zero-order valence-corrected chi connectivity index (χ0v) is 12.7. The Balaban J connectivity index is 2.95. The highest BCUT2D eigenvalue weighted by molar-refractivity contribution is 5.95. The fraction of sp³-hybridized carbons (Fsp3) is 0.562. The normalized spacial score (nSPS) is 12.6. The molecule has 0 saturated heterocycles.